The monoisotopic (exact) mass is 336 g/mol. The molecule has 0 heterocycles. The van der Waals surface area contributed by atoms with Crippen LogP contribution in [0.4, 0.5) is 0 Å². The van der Waals surface area contributed by atoms with Crippen LogP contribution in [-0.4, -0.2) is 19.1 Å². The number of amides is 1. The van der Waals surface area contributed by atoms with Crippen LogP contribution in [0.3, 0.4) is 0 Å². The highest BCUT2D eigenvalue weighted by Gasteiger charge is 2.19. The minimum absolute atomic E-state index is 0.278. The van der Waals surface area contributed by atoms with Crippen LogP contribution in [-0.2, 0) is 18.4 Å². The molecule has 0 saturated heterocycles. The van der Waals surface area contributed by atoms with Crippen LogP contribution in [0.15, 0.2) is 30.1 Å². The van der Waals surface area contributed by atoms with Crippen molar-refractivity contribution in [2.24, 2.45) is 0 Å². The molecule has 23 heavy (non-hydrogen) atoms. The minimum atomic E-state index is -3.27. The van der Waals surface area contributed by atoms with Gasteiger partial charge in [0.05, 0.1) is 19.3 Å². The summed E-state index contributed by atoms with van der Waals surface area (Å²) in [7, 11) is -3.27. The predicted molar refractivity (Wildman–Crippen MR) is 88.5 cm³/mol. The molecule has 0 aromatic heterocycles. The molecule has 0 radical (unpaired) electrons. The molecule has 0 aliphatic heterocycles. The number of rotatable bonds is 8. The Labute approximate surface area is 136 Å². The van der Waals surface area contributed by atoms with Gasteiger partial charge in [-0.15, -0.1) is 0 Å². The molecule has 0 fully saturated rings. The Kier molecular flexibility index (Phi) is 7.70. The Morgan fingerprint density at radius 1 is 1.39 bits per heavy atom. The van der Waals surface area contributed by atoms with Crippen molar-refractivity contribution in [3.8, 4) is 6.07 Å². The molecule has 1 aromatic carbocycles. The average molecular weight is 336 g/mol. The summed E-state index contributed by atoms with van der Waals surface area (Å²) in [5.74, 6) is 1.12. The summed E-state index contributed by atoms with van der Waals surface area (Å²) in [5.41, 5.74) is 1.38. The van der Waals surface area contributed by atoms with Gasteiger partial charge >= 0.3 is 7.60 Å². The predicted octanol–water partition coefficient (Wildman–Crippen LogP) is 3.62. The molecule has 0 spiro atoms. The number of nitrogens with one attached hydrogen (secondary N) is 1. The summed E-state index contributed by atoms with van der Waals surface area (Å²) in [4.78, 5) is 11.1. The standard InChI is InChI=1S/C16H21N2O4P/c1-4-21-23(20,22-5-2)10-9-14-7-6-8-15(11-14)16(12-17)18-13(3)19/h6-11,16H,4-5H2,1-3H3,(H,18,19)/b10-9+. The lowest BCUT2D eigenvalue weighted by Crippen LogP contribution is -2.24. The maximum absolute atomic E-state index is 12.4. The third kappa shape index (κ3) is 6.37. The molecule has 7 heteroatoms. The zero-order valence-corrected chi connectivity index (χ0v) is 14.4. The van der Waals surface area contributed by atoms with E-state index in [1.54, 1.807) is 44.2 Å². The second kappa shape index (κ2) is 9.26. The lowest BCUT2D eigenvalue weighted by atomic mass is 10.0. The fourth-order valence-electron chi connectivity index (χ4n) is 1.90. The fourth-order valence-corrected chi connectivity index (χ4v) is 3.22. The quantitative estimate of drug-likeness (QED) is 0.732. The van der Waals surface area contributed by atoms with Crippen molar-refractivity contribution in [3.05, 3.63) is 41.2 Å². The number of nitriles is 1. The van der Waals surface area contributed by atoms with Gasteiger partial charge in [-0.05, 0) is 37.1 Å². The molecule has 1 N–H and O–H groups in total. The second-order valence-corrected chi connectivity index (χ2v) is 6.52. The van der Waals surface area contributed by atoms with Crippen LogP contribution in [0.5, 0.6) is 0 Å². The van der Waals surface area contributed by atoms with E-state index >= 15 is 0 Å². The summed E-state index contributed by atoms with van der Waals surface area (Å²) in [6, 6.07) is 8.33. The van der Waals surface area contributed by atoms with Crippen molar-refractivity contribution in [2.75, 3.05) is 13.2 Å². The smallest absolute Gasteiger partial charge is 0.337 e. The normalized spacial score (nSPS) is 12.8. The van der Waals surface area contributed by atoms with E-state index in [1.165, 1.54) is 12.7 Å². The molecule has 1 atom stereocenters. The van der Waals surface area contributed by atoms with E-state index < -0.39 is 13.6 Å². The van der Waals surface area contributed by atoms with Gasteiger partial charge in [-0.1, -0.05) is 18.2 Å². The van der Waals surface area contributed by atoms with Crippen LogP contribution >= 0.6 is 7.60 Å². The van der Waals surface area contributed by atoms with Gasteiger partial charge in [0.2, 0.25) is 5.91 Å². The summed E-state index contributed by atoms with van der Waals surface area (Å²) in [5, 5.41) is 11.7. The van der Waals surface area contributed by atoms with E-state index in [9.17, 15) is 9.36 Å². The van der Waals surface area contributed by atoms with Crippen molar-refractivity contribution in [1.82, 2.24) is 5.32 Å². The number of hydrogen-bond acceptors (Lipinski definition) is 5. The van der Waals surface area contributed by atoms with E-state index in [4.69, 9.17) is 14.3 Å². The Hall–Kier alpha value is -1.93. The number of nitrogens with zero attached hydrogens (tertiary/aromatic N) is 1. The summed E-state index contributed by atoms with van der Waals surface area (Å²) in [6.45, 7) is 5.39. The van der Waals surface area contributed by atoms with Gasteiger partial charge in [0, 0.05) is 12.7 Å². The Balaban J connectivity index is 3.00. The van der Waals surface area contributed by atoms with Gasteiger partial charge in [0.25, 0.3) is 0 Å². The highest BCUT2D eigenvalue weighted by Crippen LogP contribution is 2.50. The Bertz CT molecular complexity index is 642. The maximum Gasteiger partial charge on any atom is 0.354 e. The van der Waals surface area contributed by atoms with Crippen molar-refractivity contribution >= 4 is 19.6 Å². The third-order valence-corrected chi connectivity index (χ3v) is 4.54. The number of hydrogen-bond donors (Lipinski definition) is 1. The fraction of sp³-hybridized carbons (Fsp3) is 0.375. The van der Waals surface area contributed by atoms with E-state index in [1.807, 2.05) is 6.07 Å². The molecule has 1 amide bonds. The molecule has 0 aliphatic rings. The average Bonchev–Trinajstić information content (AvgIpc) is 2.51. The first-order chi connectivity index (χ1) is 10.9. The van der Waals surface area contributed by atoms with E-state index in [0.717, 1.165) is 5.56 Å². The van der Waals surface area contributed by atoms with Crippen molar-refractivity contribution < 1.29 is 18.4 Å². The van der Waals surface area contributed by atoms with Gasteiger partial charge in [-0.3, -0.25) is 9.36 Å². The Morgan fingerprint density at radius 2 is 2.04 bits per heavy atom. The first-order valence-corrected chi connectivity index (χ1v) is 8.90. The molecule has 0 saturated carbocycles. The number of carbonyl (C=O) groups is 1. The molecule has 6 nitrogen and oxygen atoms in total. The van der Waals surface area contributed by atoms with E-state index in [0.29, 0.717) is 5.56 Å². The molecular weight excluding hydrogens is 315 g/mol. The highest BCUT2D eigenvalue weighted by molar-refractivity contribution is 7.57. The first kappa shape index (κ1) is 19.1. The second-order valence-electron chi connectivity index (χ2n) is 4.62. The third-order valence-electron chi connectivity index (χ3n) is 2.79. The summed E-state index contributed by atoms with van der Waals surface area (Å²) >= 11 is 0. The first-order valence-electron chi connectivity index (χ1n) is 7.28. The van der Waals surface area contributed by atoms with E-state index in [-0.39, 0.29) is 19.1 Å². The number of carbonyl (C=O) groups excluding carboxylic acids is 1. The van der Waals surface area contributed by atoms with E-state index in [2.05, 4.69) is 5.32 Å². The molecule has 124 valence electrons. The summed E-state index contributed by atoms with van der Waals surface area (Å²) in [6.07, 6.45) is 1.62. The van der Waals surface area contributed by atoms with Crippen LogP contribution < -0.4 is 5.32 Å². The van der Waals surface area contributed by atoms with Gasteiger partial charge in [-0.2, -0.15) is 5.26 Å². The molecular formula is C16H21N2O4P. The van der Waals surface area contributed by atoms with Crippen LogP contribution in [0.2, 0.25) is 0 Å². The van der Waals surface area contributed by atoms with Crippen molar-refractivity contribution in [2.45, 2.75) is 26.8 Å². The van der Waals surface area contributed by atoms with Gasteiger partial charge < -0.3 is 14.4 Å². The highest BCUT2D eigenvalue weighted by atomic mass is 31.2. The summed E-state index contributed by atoms with van der Waals surface area (Å²) < 4.78 is 22.7. The lowest BCUT2D eigenvalue weighted by molar-refractivity contribution is -0.119. The maximum atomic E-state index is 12.4. The van der Waals surface area contributed by atoms with Gasteiger partial charge in [0.15, 0.2) is 0 Å². The van der Waals surface area contributed by atoms with Crippen LogP contribution in [0.25, 0.3) is 6.08 Å². The molecule has 1 rings (SSSR count). The SMILES string of the molecule is CCOP(=O)(/C=C/c1cccc(C(C#N)NC(C)=O)c1)OCC. The lowest BCUT2D eigenvalue weighted by Gasteiger charge is -2.13. The zero-order valence-electron chi connectivity index (χ0n) is 13.5. The van der Waals surface area contributed by atoms with Gasteiger partial charge in [0.1, 0.15) is 6.04 Å². The zero-order chi connectivity index (χ0) is 17.3. The minimum Gasteiger partial charge on any atom is -0.337 e. The molecule has 1 aromatic rings. The van der Waals surface area contributed by atoms with Crippen molar-refractivity contribution in [1.29, 1.82) is 5.26 Å². The van der Waals surface area contributed by atoms with Crippen LogP contribution in [0, 0.1) is 11.3 Å². The van der Waals surface area contributed by atoms with Crippen molar-refractivity contribution in [3.63, 3.8) is 0 Å². The molecule has 1 unspecified atom stereocenters. The largest absolute Gasteiger partial charge is 0.354 e. The van der Waals surface area contributed by atoms with Crippen LogP contribution in [0.1, 0.15) is 37.9 Å². The molecule has 0 bridgehead atoms. The van der Waals surface area contributed by atoms with Gasteiger partial charge in [-0.25, -0.2) is 0 Å². The topological polar surface area (TPSA) is 88.4 Å². The Morgan fingerprint density at radius 3 is 2.57 bits per heavy atom. The molecule has 0 aliphatic carbocycles. The number of benzene rings is 1.